The summed E-state index contributed by atoms with van der Waals surface area (Å²) >= 11 is 1.39. The molecule has 0 unspecified atom stereocenters. The first kappa shape index (κ1) is 15.2. The summed E-state index contributed by atoms with van der Waals surface area (Å²) in [4.78, 5) is 18.4. The quantitative estimate of drug-likeness (QED) is 0.705. The fourth-order valence-electron chi connectivity index (χ4n) is 2.00. The summed E-state index contributed by atoms with van der Waals surface area (Å²) in [7, 11) is 1.61. The lowest BCUT2D eigenvalue weighted by atomic mass is 10.3. The number of aromatic amines is 1. The van der Waals surface area contributed by atoms with E-state index in [-0.39, 0.29) is 5.56 Å². The monoisotopic (exact) mass is 330 g/mol. The first-order valence-electron chi connectivity index (χ1n) is 6.78. The van der Waals surface area contributed by atoms with Crippen molar-refractivity contribution in [2.45, 2.75) is 17.8 Å². The van der Waals surface area contributed by atoms with Gasteiger partial charge in [-0.3, -0.25) is 4.79 Å². The van der Waals surface area contributed by atoms with Gasteiger partial charge in [0.1, 0.15) is 11.6 Å². The molecule has 0 fully saturated rings. The van der Waals surface area contributed by atoms with E-state index in [1.807, 2.05) is 24.3 Å². The number of nitrogens with one attached hydrogen (secondary N) is 1. The standard InChI is InChI=1S/C14H14N6O2S/c1-9-7-13(21)16-12(15-9)8-23-14-17-18-19-20(14)10-3-5-11(22-2)6-4-10/h3-7H,8H2,1-2H3,(H,15,16,21). The molecule has 23 heavy (non-hydrogen) atoms. The van der Waals surface area contributed by atoms with Crippen molar-refractivity contribution in [3.63, 3.8) is 0 Å². The van der Waals surface area contributed by atoms with Gasteiger partial charge in [0.25, 0.3) is 5.56 Å². The third-order valence-corrected chi connectivity index (χ3v) is 3.95. The number of ether oxygens (including phenoxy) is 1. The molecule has 0 amide bonds. The van der Waals surface area contributed by atoms with Crippen molar-refractivity contribution in [1.29, 1.82) is 0 Å². The van der Waals surface area contributed by atoms with E-state index in [4.69, 9.17) is 4.74 Å². The molecular formula is C14H14N6O2S. The van der Waals surface area contributed by atoms with Crippen LogP contribution in [0, 0.1) is 6.92 Å². The number of benzene rings is 1. The van der Waals surface area contributed by atoms with Crippen molar-refractivity contribution in [2.24, 2.45) is 0 Å². The van der Waals surface area contributed by atoms with Crippen LogP contribution in [0.1, 0.15) is 11.5 Å². The average Bonchev–Trinajstić information content (AvgIpc) is 3.00. The first-order valence-corrected chi connectivity index (χ1v) is 7.77. The van der Waals surface area contributed by atoms with Crippen molar-refractivity contribution >= 4 is 11.8 Å². The number of hydrogen-bond acceptors (Lipinski definition) is 7. The van der Waals surface area contributed by atoms with Gasteiger partial charge in [-0.2, -0.15) is 4.68 Å². The third kappa shape index (κ3) is 3.57. The Hall–Kier alpha value is -2.68. The van der Waals surface area contributed by atoms with Crippen molar-refractivity contribution < 1.29 is 4.74 Å². The van der Waals surface area contributed by atoms with Gasteiger partial charge in [-0.25, -0.2) is 4.98 Å². The lowest BCUT2D eigenvalue weighted by Gasteiger charge is -2.05. The Kier molecular flexibility index (Phi) is 4.38. The second kappa shape index (κ2) is 6.61. The number of aromatic nitrogens is 6. The molecule has 1 N–H and O–H groups in total. The molecule has 2 heterocycles. The number of rotatable bonds is 5. The van der Waals surface area contributed by atoms with Gasteiger partial charge in [0, 0.05) is 11.8 Å². The molecule has 0 saturated heterocycles. The molecule has 8 nitrogen and oxygen atoms in total. The maximum Gasteiger partial charge on any atom is 0.251 e. The Labute approximate surface area is 135 Å². The molecule has 3 aromatic rings. The largest absolute Gasteiger partial charge is 0.497 e. The maximum absolute atomic E-state index is 11.5. The van der Waals surface area contributed by atoms with Crippen LogP contribution in [0.5, 0.6) is 5.75 Å². The fraction of sp³-hybridized carbons (Fsp3) is 0.214. The van der Waals surface area contributed by atoms with E-state index in [9.17, 15) is 4.79 Å². The number of H-pyrrole nitrogens is 1. The van der Waals surface area contributed by atoms with Crippen LogP contribution < -0.4 is 10.3 Å². The smallest absolute Gasteiger partial charge is 0.251 e. The van der Waals surface area contributed by atoms with Gasteiger partial charge in [-0.1, -0.05) is 11.8 Å². The minimum atomic E-state index is -0.164. The van der Waals surface area contributed by atoms with E-state index >= 15 is 0 Å². The van der Waals surface area contributed by atoms with Crippen molar-refractivity contribution in [2.75, 3.05) is 7.11 Å². The Bertz CT molecular complexity index is 858. The predicted molar refractivity (Wildman–Crippen MR) is 84.9 cm³/mol. The molecule has 9 heteroatoms. The molecular weight excluding hydrogens is 316 g/mol. The number of methoxy groups -OCH3 is 1. The highest BCUT2D eigenvalue weighted by Crippen LogP contribution is 2.22. The number of thioether (sulfide) groups is 1. The van der Waals surface area contributed by atoms with Gasteiger partial charge in [-0.15, -0.1) is 5.10 Å². The molecule has 1 aromatic carbocycles. The average molecular weight is 330 g/mol. The highest BCUT2D eigenvalue weighted by atomic mass is 32.2. The molecule has 0 bridgehead atoms. The van der Waals surface area contributed by atoms with Crippen LogP contribution in [0.25, 0.3) is 5.69 Å². The predicted octanol–water partition coefficient (Wildman–Crippen LogP) is 1.35. The molecule has 0 aliphatic rings. The van der Waals surface area contributed by atoms with E-state index in [1.165, 1.54) is 17.8 Å². The van der Waals surface area contributed by atoms with Gasteiger partial charge in [0.2, 0.25) is 5.16 Å². The number of hydrogen-bond donors (Lipinski definition) is 1. The zero-order valence-corrected chi connectivity index (χ0v) is 13.4. The summed E-state index contributed by atoms with van der Waals surface area (Å²) in [6.45, 7) is 1.78. The van der Waals surface area contributed by atoms with Crippen molar-refractivity contribution in [3.05, 3.63) is 52.2 Å². The lowest BCUT2D eigenvalue weighted by molar-refractivity contribution is 0.414. The van der Waals surface area contributed by atoms with Crippen LogP contribution in [0.15, 0.2) is 40.3 Å². The summed E-state index contributed by atoms with van der Waals surface area (Å²) < 4.78 is 6.76. The first-order chi connectivity index (χ1) is 11.2. The van der Waals surface area contributed by atoms with Crippen molar-refractivity contribution in [3.8, 4) is 11.4 Å². The fourth-order valence-corrected chi connectivity index (χ4v) is 2.76. The van der Waals surface area contributed by atoms with E-state index in [0.29, 0.717) is 22.4 Å². The summed E-state index contributed by atoms with van der Waals surface area (Å²) in [5.41, 5.74) is 1.34. The van der Waals surface area contributed by atoms with Crippen LogP contribution >= 0.6 is 11.8 Å². The Morgan fingerprint density at radius 2 is 2.09 bits per heavy atom. The Morgan fingerprint density at radius 3 is 2.78 bits per heavy atom. The SMILES string of the molecule is COc1ccc(-n2nnnc2SCc2nc(C)cc(=O)[nH]2)cc1. The van der Waals surface area contributed by atoms with Crippen LogP contribution in [0.3, 0.4) is 0 Å². The molecule has 0 aliphatic carbocycles. The van der Waals surface area contributed by atoms with Gasteiger partial charge in [0.05, 0.1) is 18.6 Å². The third-order valence-electron chi connectivity index (χ3n) is 3.01. The zero-order valence-electron chi connectivity index (χ0n) is 12.6. The van der Waals surface area contributed by atoms with E-state index in [1.54, 1.807) is 18.7 Å². The molecule has 0 atom stereocenters. The summed E-state index contributed by atoms with van der Waals surface area (Å²) in [5, 5.41) is 12.3. The topological polar surface area (TPSA) is 98.6 Å². The number of aryl methyl sites for hydroxylation is 1. The highest BCUT2D eigenvalue weighted by molar-refractivity contribution is 7.98. The van der Waals surface area contributed by atoms with Crippen LogP contribution in [0.2, 0.25) is 0 Å². The summed E-state index contributed by atoms with van der Waals surface area (Å²) in [5.74, 6) is 1.81. The minimum absolute atomic E-state index is 0.164. The molecule has 0 aliphatic heterocycles. The molecule has 118 valence electrons. The van der Waals surface area contributed by atoms with E-state index in [0.717, 1.165) is 11.4 Å². The normalized spacial score (nSPS) is 10.7. The maximum atomic E-state index is 11.5. The van der Waals surface area contributed by atoms with Gasteiger partial charge >= 0.3 is 0 Å². The van der Waals surface area contributed by atoms with Crippen molar-refractivity contribution in [1.82, 2.24) is 30.2 Å². The van der Waals surface area contributed by atoms with Crippen LogP contribution in [-0.2, 0) is 5.75 Å². The second-order valence-electron chi connectivity index (χ2n) is 4.69. The van der Waals surface area contributed by atoms with E-state index < -0.39 is 0 Å². The molecule has 0 radical (unpaired) electrons. The van der Waals surface area contributed by atoms with Gasteiger partial charge in [-0.05, 0) is 41.6 Å². The summed E-state index contributed by atoms with van der Waals surface area (Å²) in [6, 6.07) is 8.86. The minimum Gasteiger partial charge on any atom is -0.497 e. The summed E-state index contributed by atoms with van der Waals surface area (Å²) in [6.07, 6.45) is 0. The molecule has 0 spiro atoms. The molecule has 2 aromatic heterocycles. The number of nitrogens with zero attached hydrogens (tertiary/aromatic N) is 5. The lowest BCUT2D eigenvalue weighted by Crippen LogP contribution is -2.10. The number of tetrazole rings is 1. The second-order valence-corrected chi connectivity index (χ2v) is 5.64. The van der Waals surface area contributed by atoms with Gasteiger partial charge < -0.3 is 9.72 Å². The van der Waals surface area contributed by atoms with Gasteiger partial charge in [0.15, 0.2) is 0 Å². The Morgan fingerprint density at radius 1 is 1.30 bits per heavy atom. The molecule has 3 rings (SSSR count). The van der Waals surface area contributed by atoms with E-state index in [2.05, 4.69) is 25.5 Å². The van der Waals surface area contributed by atoms with Crippen LogP contribution in [0.4, 0.5) is 0 Å². The molecule has 0 saturated carbocycles. The Balaban J connectivity index is 1.79. The highest BCUT2D eigenvalue weighted by Gasteiger charge is 2.10. The zero-order chi connectivity index (χ0) is 16.2. The van der Waals surface area contributed by atoms with Crippen LogP contribution in [-0.4, -0.2) is 37.3 Å².